The van der Waals surface area contributed by atoms with E-state index >= 15 is 0 Å². The van der Waals surface area contributed by atoms with E-state index in [0.29, 0.717) is 6.07 Å². The highest BCUT2D eigenvalue weighted by Gasteiger charge is 2.37. The summed E-state index contributed by atoms with van der Waals surface area (Å²) < 4.78 is 83.2. The van der Waals surface area contributed by atoms with E-state index in [1.807, 2.05) is 0 Å². The van der Waals surface area contributed by atoms with Gasteiger partial charge < -0.3 is 9.47 Å². The number of nitrogens with zero attached hydrogens (tertiary/aromatic N) is 1. The average molecular weight is 341 g/mol. The zero-order valence-corrected chi connectivity index (χ0v) is 11.5. The fourth-order valence-corrected chi connectivity index (χ4v) is 1.66. The van der Waals surface area contributed by atoms with Crippen molar-refractivity contribution in [2.45, 2.75) is 25.9 Å². The SMILES string of the molecule is CCOC(=O)Cc1c(C#N)cc(C(F)(F)F)cc1OC(F)(F)F. The number of carbonyl (C=O) groups excluding carboxylic acids is 1. The van der Waals surface area contributed by atoms with Gasteiger partial charge in [-0.3, -0.25) is 4.79 Å². The van der Waals surface area contributed by atoms with Crippen molar-refractivity contribution in [3.05, 3.63) is 28.8 Å². The number of nitriles is 1. The van der Waals surface area contributed by atoms with Gasteiger partial charge in [0.2, 0.25) is 0 Å². The quantitative estimate of drug-likeness (QED) is 0.620. The van der Waals surface area contributed by atoms with Gasteiger partial charge in [0.25, 0.3) is 0 Å². The first kappa shape index (κ1) is 18.6. The van der Waals surface area contributed by atoms with Gasteiger partial charge in [-0.15, -0.1) is 13.2 Å². The predicted molar refractivity (Wildman–Crippen MR) is 63.2 cm³/mol. The second kappa shape index (κ2) is 6.76. The second-order valence-corrected chi connectivity index (χ2v) is 4.14. The molecule has 0 radical (unpaired) electrons. The van der Waals surface area contributed by atoms with Crippen molar-refractivity contribution in [2.75, 3.05) is 6.61 Å². The van der Waals surface area contributed by atoms with Gasteiger partial charge in [0.1, 0.15) is 5.75 Å². The summed E-state index contributed by atoms with van der Waals surface area (Å²) in [6.45, 7) is 1.35. The van der Waals surface area contributed by atoms with Crippen LogP contribution in [0.25, 0.3) is 0 Å². The van der Waals surface area contributed by atoms with Gasteiger partial charge in [-0.1, -0.05) is 0 Å². The Balaban J connectivity index is 3.45. The summed E-state index contributed by atoms with van der Waals surface area (Å²) in [6, 6.07) is 1.76. The first-order valence-electron chi connectivity index (χ1n) is 6.03. The first-order chi connectivity index (χ1) is 10.5. The molecular weight excluding hydrogens is 332 g/mol. The van der Waals surface area contributed by atoms with Gasteiger partial charge in [0, 0.05) is 5.56 Å². The Kier molecular flexibility index (Phi) is 5.47. The molecule has 126 valence electrons. The molecule has 0 aliphatic carbocycles. The van der Waals surface area contributed by atoms with Crippen molar-refractivity contribution in [1.29, 1.82) is 5.26 Å². The van der Waals surface area contributed by atoms with Crippen molar-refractivity contribution in [1.82, 2.24) is 0 Å². The van der Waals surface area contributed by atoms with Crippen LogP contribution < -0.4 is 4.74 Å². The molecule has 1 rings (SSSR count). The number of benzene rings is 1. The highest BCUT2D eigenvalue weighted by Crippen LogP contribution is 2.37. The molecule has 0 fully saturated rings. The summed E-state index contributed by atoms with van der Waals surface area (Å²) in [5.74, 6) is -2.27. The number of carbonyl (C=O) groups is 1. The van der Waals surface area contributed by atoms with E-state index in [9.17, 15) is 31.1 Å². The van der Waals surface area contributed by atoms with Crippen LogP contribution >= 0.6 is 0 Å². The lowest BCUT2D eigenvalue weighted by Crippen LogP contribution is -2.20. The summed E-state index contributed by atoms with van der Waals surface area (Å²) in [5.41, 5.74) is -2.88. The first-order valence-corrected chi connectivity index (χ1v) is 6.03. The zero-order chi connectivity index (χ0) is 17.8. The predicted octanol–water partition coefficient (Wildman–Crippen LogP) is 3.58. The van der Waals surface area contributed by atoms with Crippen LogP contribution in [-0.4, -0.2) is 18.9 Å². The van der Waals surface area contributed by atoms with Gasteiger partial charge >= 0.3 is 18.5 Å². The number of rotatable bonds is 4. The Morgan fingerprint density at radius 3 is 2.26 bits per heavy atom. The van der Waals surface area contributed by atoms with Crippen LogP contribution in [-0.2, 0) is 22.1 Å². The lowest BCUT2D eigenvalue weighted by Gasteiger charge is -2.17. The molecule has 0 heterocycles. The third-order valence-corrected chi connectivity index (χ3v) is 2.51. The summed E-state index contributed by atoms with van der Waals surface area (Å²) >= 11 is 0. The summed E-state index contributed by atoms with van der Waals surface area (Å²) in [6.07, 6.45) is -11.1. The molecule has 0 saturated heterocycles. The molecule has 1 aromatic rings. The Morgan fingerprint density at radius 1 is 1.22 bits per heavy atom. The largest absolute Gasteiger partial charge is 0.573 e. The van der Waals surface area contributed by atoms with E-state index in [1.54, 1.807) is 0 Å². The number of halogens is 6. The summed E-state index contributed by atoms with van der Waals surface area (Å²) in [7, 11) is 0. The molecule has 4 nitrogen and oxygen atoms in total. The number of ether oxygens (including phenoxy) is 2. The van der Waals surface area contributed by atoms with Crippen LogP contribution in [0, 0.1) is 11.3 Å². The Morgan fingerprint density at radius 2 is 1.83 bits per heavy atom. The molecule has 0 spiro atoms. The third-order valence-electron chi connectivity index (χ3n) is 2.51. The lowest BCUT2D eigenvalue weighted by atomic mass is 10.0. The van der Waals surface area contributed by atoms with E-state index in [1.165, 1.54) is 13.0 Å². The number of alkyl halides is 6. The van der Waals surface area contributed by atoms with Gasteiger partial charge in [-0.2, -0.15) is 18.4 Å². The van der Waals surface area contributed by atoms with Crippen LogP contribution in [0.1, 0.15) is 23.6 Å². The maximum Gasteiger partial charge on any atom is 0.573 e. The van der Waals surface area contributed by atoms with Crippen molar-refractivity contribution in [3.8, 4) is 11.8 Å². The Hall–Kier alpha value is -2.44. The van der Waals surface area contributed by atoms with Crippen LogP contribution in [0.2, 0.25) is 0 Å². The lowest BCUT2D eigenvalue weighted by molar-refractivity contribution is -0.275. The molecular formula is C13H9F6NO3. The van der Waals surface area contributed by atoms with E-state index in [-0.39, 0.29) is 12.7 Å². The topological polar surface area (TPSA) is 59.3 Å². The normalized spacial score (nSPS) is 11.7. The third kappa shape index (κ3) is 5.36. The van der Waals surface area contributed by atoms with Crippen LogP contribution in [0.3, 0.4) is 0 Å². The van der Waals surface area contributed by atoms with Gasteiger partial charge in [-0.05, 0) is 19.1 Å². The monoisotopic (exact) mass is 341 g/mol. The molecule has 0 saturated carbocycles. The smallest absolute Gasteiger partial charge is 0.466 e. The zero-order valence-electron chi connectivity index (χ0n) is 11.5. The van der Waals surface area contributed by atoms with Crippen molar-refractivity contribution in [2.24, 2.45) is 0 Å². The minimum atomic E-state index is -5.29. The summed E-state index contributed by atoms with van der Waals surface area (Å²) in [5, 5.41) is 8.87. The fraction of sp³-hybridized carbons (Fsp3) is 0.385. The molecule has 0 aliphatic rings. The highest BCUT2D eigenvalue weighted by atomic mass is 19.4. The average Bonchev–Trinajstić information content (AvgIpc) is 2.37. The van der Waals surface area contributed by atoms with Gasteiger partial charge in [0.15, 0.2) is 0 Å². The van der Waals surface area contributed by atoms with Crippen molar-refractivity contribution < 1.29 is 40.6 Å². The standard InChI is InChI=1S/C13H9F6NO3/c1-2-22-11(21)5-9-7(6-20)3-8(12(14,15)16)4-10(9)23-13(17,18)19/h3-4H,2,5H2,1H3. The maximum absolute atomic E-state index is 12.7. The number of hydrogen-bond acceptors (Lipinski definition) is 4. The van der Waals surface area contributed by atoms with Crippen LogP contribution in [0.5, 0.6) is 5.75 Å². The second-order valence-electron chi connectivity index (χ2n) is 4.14. The van der Waals surface area contributed by atoms with E-state index in [0.717, 1.165) is 0 Å². The number of esters is 1. The fourth-order valence-electron chi connectivity index (χ4n) is 1.66. The minimum absolute atomic E-state index is 0.0862. The molecule has 0 amide bonds. The molecule has 1 aromatic carbocycles. The molecule has 0 aliphatic heterocycles. The molecule has 0 unspecified atom stereocenters. The van der Waals surface area contributed by atoms with E-state index < -0.39 is 47.4 Å². The maximum atomic E-state index is 12.7. The molecule has 0 bridgehead atoms. The van der Waals surface area contributed by atoms with Crippen molar-refractivity contribution in [3.63, 3.8) is 0 Å². The molecule has 10 heteroatoms. The van der Waals surface area contributed by atoms with E-state index in [2.05, 4.69) is 9.47 Å². The Bertz CT molecular complexity index is 630. The van der Waals surface area contributed by atoms with Crippen LogP contribution in [0.15, 0.2) is 12.1 Å². The highest BCUT2D eigenvalue weighted by molar-refractivity contribution is 5.75. The minimum Gasteiger partial charge on any atom is -0.466 e. The molecule has 0 atom stereocenters. The van der Waals surface area contributed by atoms with Crippen LogP contribution in [0.4, 0.5) is 26.3 Å². The molecule has 0 N–H and O–H groups in total. The van der Waals surface area contributed by atoms with E-state index in [4.69, 9.17) is 5.26 Å². The van der Waals surface area contributed by atoms with Gasteiger partial charge in [-0.25, -0.2) is 0 Å². The summed E-state index contributed by atoms with van der Waals surface area (Å²) in [4.78, 5) is 11.4. The van der Waals surface area contributed by atoms with Gasteiger partial charge in [0.05, 0.1) is 30.2 Å². The number of hydrogen-bond donors (Lipinski definition) is 0. The molecule has 23 heavy (non-hydrogen) atoms. The van der Waals surface area contributed by atoms with Crippen molar-refractivity contribution >= 4 is 5.97 Å². The molecule has 0 aromatic heterocycles. The Labute approximate surface area is 126 Å².